The second-order valence-corrected chi connectivity index (χ2v) is 5.94. The highest BCUT2D eigenvalue weighted by atomic mass is 35.5. The fraction of sp³-hybridized carbons (Fsp3) is 0.125. The minimum atomic E-state index is -0.396. The van der Waals surface area contributed by atoms with Gasteiger partial charge in [-0.2, -0.15) is 0 Å². The molecule has 23 heavy (non-hydrogen) atoms. The van der Waals surface area contributed by atoms with Gasteiger partial charge in [-0.15, -0.1) is 0 Å². The van der Waals surface area contributed by atoms with Crippen molar-refractivity contribution in [1.82, 2.24) is 0 Å². The third kappa shape index (κ3) is 4.86. The van der Waals surface area contributed by atoms with Crippen LogP contribution in [0.2, 0.25) is 15.1 Å². The SMILES string of the molecule is CC(=O)c1cc(Cl)cc(Cl)c1OCC(=O)Nc1ccc(Cl)cc1. The van der Waals surface area contributed by atoms with Crippen LogP contribution >= 0.6 is 34.8 Å². The third-order valence-corrected chi connectivity index (χ3v) is 3.61. The Kier molecular flexibility index (Phi) is 5.88. The van der Waals surface area contributed by atoms with Crippen LogP contribution in [0.3, 0.4) is 0 Å². The molecule has 0 bridgehead atoms. The van der Waals surface area contributed by atoms with E-state index in [0.717, 1.165) is 0 Å². The highest BCUT2D eigenvalue weighted by molar-refractivity contribution is 6.36. The molecule has 0 saturated heterocycles. The largest absolute Gasteiger partial charge is 0.481 e. The first kappa shape index (κ1) is 17.6. The lowest BCUT2D eigenvalue weighted by molar-refractivity contribution is -0.118. The molecule has 1 N–H and O–H groups in total. The molecule has 0 fully saturated rings. The van der Waals surface area contributed by atoms with Crippen molar-refractivity contribution in [2.24, 2.45) is 0 Å². The Balaban J connectivity index is 2.07. The Morgan fingerprint density at radius 3 is 2.30 bits per heavy atom. The fourth-order valence-electron chi connectivity index (χ4n) is 1.84. The molecule has 0 aliphatic rings. The van der Waals surface area contributed by atoms with Crippen molar-refractivity contribution in [2.75, 3.05) is 11.9 Å². The first-order chi connectivity index (χ1) is 10.9. The number of carbonyl (C=O) groups excluding carboxylic acids is 2. The average Bonchev–Trinajstić information content (AvgIpc) is 2.48. The van der Waals surface area contributed by atoms with E-state index in [4.69, 9.17) is 39.5 Å². The second kappa shape index (κ2) is 7.68. The molecule has 0 heterocycles. The van der Waals surface area contributed by atoms with Gasteiger partial charge in [-0.05, 0) is 43.3 Å². The predicted octanol–water partition coefficient (Wildman–Crippen LogP) is 4.87. The molecule has 1 amide bonds. The zero-order chi connectivity index (χ0) is 17.0. The Labute approximate surface area is 148 Å². The van der Waals surface area contributed by atoms with Gasteiger partial charge in [0.25, 0.3) is 5.91 Å². The van der Waals surface area contributed by atoms with Crippen molar-refractivity contribution in [2.45, 2.75) is 6.92 Å². The Morgan fingerprint density at radius 2 is 1.70 bits per heavy atom. The van der Waals surface area contributed by atoms with Crippen LogP contribution in [0, 0.1) is 0 Å². The molecule has 2 rings (SSSR count). The minimum absolute atomic E-state index is 0.134. The molecule has 0 radical (unpaired) electrons. The first-order valence-electron chi connectivity index (χ1n) is 6.55. The number of hydrogen-bond acceptors (Lipinski definition) is 3. The molecule has 0 saturated carbocycles. The third-order valence-electron chi connectivity index (χ3n) is 2.86. The van der Waals surface area contributed by atoms with E-state index >= 15 is 0 Å². The molecule has 0 aliphatic carbocycles. The number of anilines is 1. The van der Waals surface area contributed by atoms with Gasteiger partial charge in [-0.1, -0.05) is 34.8 Å². The summed E-state index contributed by atoms with van der Waals surface area (Å²) in [5.41, 5.74) is 0.804. The van der Waals surface area contributed by atoms with Crippen molar-refractivity contribution in [3.05, 3.63) is 57.0 Å². The molecule has 0 aliphatic heterocycles. The van der Waals surface area contributed by atoms with Gasteiger partial charge < -0.3 is 10.1 Å². The minimum Gasteiger partial charge on any atom is -0.481 e. The number of benzene rings is 2. The van der Waals surface area contributed by atoms with Crippen molar-refractivity contribution in [3.63, 3.8) is 0 Å². The van der Waals surface area contributed by atoms with E-state index in [2.05, 4.69) is 5.32 Å². The van der Waals surface area contributed by atoms with E-state index in [1.165, 1.54) is 19.1 Å². The Bertz CT molecular complexity index is 745. The van der Waals surface area contributed by atoms with Crippen molar-refractivity contribution < 1.29 is 14.3 Å². The molecule has 7 heteroatoms. The monoisotopic (exact) mass is 371 g/mol. The van der Waals surface area contributed by atoms with Gasteiger partial charge in [0.05, 0.1) is 10.6 Å². The van der Waals surface area contributed by atoms with E-state index in [0.29, 0.717) is 15.7 Å². The summed E-state index contributed by atoms with van der Waals surface area (Å²) in [7, 11) is 0. The molecule has 0 spiro atoms. The van der Waals surface area contributed by atoms with E-state index in [-0.39, 0.29) is 28.7 Å². The molecule has 4 nitrogen and oxygen atoms in total. The number of carbonyl (C=O) groups is 2. The fourth-order valence-corrected chi connectivity index (χ4v) is 2.51. The lowest BCUT2D eigenvalue weighted by Crippen LogP contribution is -2.20. The number of amides is 1. The van der Waals surface area contributed by atoms with Crippen LogP contribution in [0.15, 0.2) is 36.4 Å². The molecular formula is C16H12Cl3NO3. The zero-order valence-electron chi connectivity index (χ0n) is 12.0. The van der Waals surface area contributed by atoms with Crippen molar-refractivity contribution in [3.8, 4) is 5.75 Å². The smallest absolute Gasteiger partial charge is 0.262 e. The Morgan fingerprint density at radius 1 is 1.04 bits per heavy atom. The summed E-state index contributed by atoms with van der Waals surface area (Å²) < 4.78 is 5.39. The van der Waals surface area contributed by atoms with Gasteiger partial charge >= 0.3 is 0 Å². The average molecular weight is 373 g/mol. The van der Waals surface area contributed by atoms with Crippen LogP contribution in [-0.2, 0) is 4.79 Å². The normalized spacial score (nSPS) is 10.3. The molecule has 2 aromatic carbocycles. The van der Waals surface area contributed by atoms with E-state index < -0.39 is 5.91 Å². The number of ketones is 1. The molecule has 0 atom stereocenters. The van der Waals surface area contributed by atoms with Crippen LogP contribution < -0.4 is 10.1 Å². The Hall–Kier alpha value is -1.75. The number of nitrogens with one attached hydrogen (secondary N) is 1. The highest BCUT2D eigenvalue weighted by Crippen LogP contribution is 2.32. The summed E-state index contributed by atoms with van der Waals surface area (Å²) in [6.07, 6.45) is 0. The quantitative estimate of drug-likeness (QED) is 0.762. The standard InChI is InChI=1S/C16H12Cl3NO3/c1-9(21)13-6-11(18)7-14(19)16(13)23-8-15(22)20-12-4-2-10(17)3-5-12/h2-7H,8H2,1H3,(H,20,22). The molecular weight excluding hydrogens is 361 g/mol. The number of hydrogen-bond donors (Lipinski definition) is 1. The van der Waals surface area contributed by atoms with Crippen LogP contribution in [-0.4, -0.2) is 18.3 Å². The topological polar surface area (TPSA) is 55.4 Å². The summed E-state index contributed by atoms with van der Waals surface area (Å²) in [5, 5.41) is 3.70. The summed E-state index contributed by atoms with van der Waals surface area (Å²) in [6, 6.07) is 9.53. The summed E-state index contributed by atoms with van der Waals surface area (Å²) >= 11 is 17.7. The van der Waals surface area contributed by atoms with E-state index in [1.54, 1.807) is 24.3 Å². The van der Waals surface area contributed by atoms with Crippen molar-refractivity contribution in [1.29, 1.82) is 0 Å². The van der Waals surface area contributed by atoms with Gasteiger partial charge in [0.15, 0.2) is 12.4 Å². The van der Waals surface area contributed by atoms with E-state index in [9.17, 15) is 9.59 Å². The number of ether oxygens (including phenoxy) is 1. The molecule has 2 aromatic rings. The molecule has 120 valence electrons. The van der Waals surface area contributed by atoms with Gasteiger partial charge in [0.1, 0.15) is 5.75 Å². The summed E-state index contributed by atoms with van der Waals surface area (Å²) in [4.78, 5) is 23.5. The predicted molar refractivity (Wildman–Crippen MR) is 92.0 cm³/mol. The summed E-state index contributed by atoms with van der Waals surface area (Å²) in [6.45, 7) is 1.06. The lowest BCUT2D eigenvalue weighted by atomic mass is 10.1. The lowest BCUT2D eigenvalue weighted by Gasteiger charge is -2.12. The van der Waals surface area contributed by atoms with Gasteiger partial charge in [-0.3, -0.25) is 9.59 Å². The zero-order valence-corrected chi connectivity index (χ0v) is 14.3. The van der Waals surface area contributed by atoms with Crippen LogP contribution in [0.5, 0.6) is 5.75 Å². The summed E-state index contributed by atoms with van der Waals surface area (Å²) in [5.74, 6) is -0.523. The first-order valence-corrected chi connectivity index (χ1v) is 7.68. The maximum atomic E-state index is 11.9. The van der Waals surface area contributed by atoms with Crippen LogP contribution in [0.25, 0.3) is 0 Å². The molecule has 0 unspecified atom stereocenters. The number of halogens is 3. The van der Waals surface area contributed by atoms with Gasteiger partial charge in [0, 0.05) is 15.7 Å². The maximum absolute atomic E-state index is 11.9. The van der Waals surface area contributed by atoms with Crippen LogP contribution in [0.1, 0.15) is 17.3 Å². The number of Topliss-reactive ketones (excluding diaryl/α,β-unsaturated/α-hetero) is 1. The van der Waals surface area contributed by atoms with Gasteiger partial charge in [0.2, 0.25) is 0 Å². The molecule has 0 aromatic heterocycles. The van der Waals surface area contributed by atoms with Crippen molar-refractivity contribution >= 4 is 52.2 Å². The van der Waals surface area contributed by atoms with Crippen LogP contribution in [0.4, 0.5) is 5.69 Å². The number of rotatable bonds is 5. The maximum Gasteiger partial charge on any atom is 0.262 e. The van der Waals surface area contributed by atoms with E-state index in [1.807, 2.05) is 0 Å². The second-order valence-electron chi connectivity index (χ2n) is 4.66. The van der Waals surface area contributed by atoms with Gasteiger partial charge in [-0.25, -0.2) is 0 Å². The highest BCUT2D eigenvalue weighted by Gasteiger charge is 2.15.